The summed E-state index contributed by atoms with van der Waals surface area (Å²) in [5.41, 5.74) is 1.32. The molecule has 0 spiro atoms. The van der Waals surface area contributed by atoms with Gasteiger partial charge in [-0.3, -0.25) is 0 Å². The normalized spacial score (nSPS) is 27.6. The van der Waals surface area contributed by atoms with E-state index in [0.717, 1.165) is 37.3 Å². The van der Waals surface area contributed by atoms with Crippen LogP contribution in [0, 0.1) is 11.8 Å². The van der Waals surface area contributed by atoms with Crippen molar-refractivity contribution in [2.45, 2.75) is 46.7 Å². The van der Waals surface area contributed by atoms with Gasteiger partial charge in [-0.05, 0) is 49.4 Å². The third kappa shape index (κ3) is 3.47. The van der Waals surface area contributed by atoms with Gasteiger partial charge in [0.15, 0.2) is 0 Å². The van der Waals surface area contributed by atoms with E-state index in [9.17, 15) is 0 Å². The van der Waals surface area contributed by atoms with Crippen LogP contribution in [0.25, 0.3) is 0 Å². The summed E-state index contributed by atoms with van der Waals surface area (Å²) < 4.78 is 0. The van der Waals surface area contributed by atoms with Crippen LogP contribution >= 0.6 is 0 Å². The van der Waals surface area contributed by atoms with Crippen LogP contribution in [0.15, 0.2) is 18.3 Å². The van der Waals surface area contributed by atoms with Gasteiger partial charge in [0.25, 0.3) is 0 Å². The fourth-order valence-electron chi connectivity index (χ4n) is 3.01. The largest absolute Gasteiger partial charge is 0.353 e. The van der Waals surface area contributed by atoms with E-state index in [2.05, 4.69) is 55.0 Å². The molecule has 19 heavy (non-hydrogen) atoms. The minimum Gasteiger partial charge on any atom is -0.353 e. The molecular weight excluding hydrogens is 234 g/mol. The fraction of sp³-hybridized carbons (Fsp3) is 0.688. The number of anilines is 1. The highest BCUT2D eigenvalue weighted by Gasteiger charge is 2.29. The van der Waals surface area contributed by atoms with Gasteiger partial charge in [-0.25, -0.2) is 4.98 Å². The van der Waals surface area contributed by atoms with Gasteiger partial charge in [-0.1, -0.05) is 20.8 Å². The highest BCUT2D eigenvalue weighted by molar-refractivity contribution is 5.43. The quantitative estimate of drug-likeness (QED) is 0.903. The predicted molar refractivity (Wildman–Crippen MR) is 81.4 cm³/mol. The van der Waals surface area contributed by atoms with Crippen LogP contribution in [0.3, 0.4) is 0 Å². The van der Waals surface area contributed by atoms with E-state index in [4.69, 9.17) is 0 Å². The molecule has 0 radical (unpaired) electrons. The second kappa shape index (κ2) is 6.38. The minimum atomic E-state index is 0.582. The van der Waals surface area contributed by atoms with Crippen molar-refractivity contribution >= 4 is 5.82 Å². The van der Waals surface area contributed by atoms with Crippen LogP contribution in [0.1, 0.15) is 39.7 Å². The van der Waals surface area contributed by atoms with Gasteiger partial charge in [-0.15, -0.1) is 0 Å². The Morgan fingerprint density at radius 1 is 1.37 bits per heavy atom. The molecule has 1 aliphatic heterocycles. The summed E-state index contributed by atoms with van der Waals surface area (Å²) in [6.07, 6.45) is 3.27. The maximum Gasteiger partial charge on any atom is 0.129 e. The minimum absolute atomic E-state index is 0.582. The second-order valence-corrected chi connectivity index (χ2v) is 6.01. The summed E-state index contributed by atoms with van der Waals surface area (Å²) in [4.78, 5) is 7.07. The molecule has 1 aromatic rings. The standard InChI is InChI=1S/C16H27N3/c1-5-17-10-15-6-7-18-16(9-15)19-11-12(2)8-13(3)14(19)4/h6-7,9,12-14,17H,5,8,10-11H2,1-4H3. The Balaban J connectivity index is 2.15. The van der Waals surface area contributed by atoms with Gasteiger partial charge in [0.1, 0.15) is 5.82 Å². The van der Waals surface area contributed by atoms with Gasteiger partial charge < -0.3 is 10.2 Å². The lowest BCUT2D eigenvalue weighted by Crippen LogP contribution is -2.46. The van der Waals surface area contributed by atoms with Crippen molar-refractivity contribution in [3.63, 3.8) is 0 Å². The molecule has 3 nitrogen and oxygen atoms in total. The number of piperidine rings is 1. The molecule has 106 valence electrons. The summed E-state index contributed by atoms with van der Waals surface area (Å²) in [7, 11) is 0. The van der Waals surface area contributed by atoms with Gasteiger partial charge in [0, 0.05) is 25.3 Å². The Kier molecular flexibility index (Phi) is 4.81. The number of pyridine rings is 1. The highest BCUT2D eigenvalue weighted by Crippen LogP contribution is 2.30. The number of nitrogens with zero attached hydrogens (tertiary/aromatic N) is 2. The zero-order valence-electron chi connectivity index (χ0n) is 12.7. The first kappa shape index (κ1) is 14.3. The van der Waals surface area contributed by atoms with E-state index in [1.165, 1.54) is 12.0 Å². The molecule has 3 atom stereocenters. The lowest BCUT2D eigenvalue weighted by molar-refractivity contribution is 0.295. The fourth-order valence-corrected chi connectivity index (χ4v) is 3.01. The number of aromatic nitrogens is 1. The van der Waals surface area contributed by atoms with Crippen LogP contribution < -0.4 is 10.2 Å². The van der Waals surface area contributed by atoms with Gasteiger partial charge in [-0.2, -0.15) is 0 Å². The summed E-state index contributed by atoms with van der Waals surface area (Å²) >= 11 is 0. The lowest BCUT2D eigenvalue weighted by Gasteiger charge is -2.42. The molecular formula is C16H27N3. The van der Waals surface area contributed by atoms with Crippen LogP contribution in [-0.2, 0) is 6.54 Å². The van der Waals surface area contributed by atoms with Crippen molar-refractivity contribution in [3.8, 4) is 0 Å². The van der Waals surface area contributed by atoms with E-state index in [1.54, 1.807) is 0 Å². The Labute approximate surface area is 117 Å². The Morgan fingerprint density at radius 3 is 2.89 bits per heavy atom. The number of hydrogen-bond donors (Lipinski definition) is 1. The van der Waals surface area contributed by atoms with Crippen LogP contribution in [0.4, 0.5) is 5.82 Å². The zero-order chi connectivity index (χ0) is 13.8. The topological polar surface area (TPSA) is 28.2 Å². The summed E-state index contributed by atoms with van der Waals surface area (Å²) in [6, 6.07) is 4.93. The summed E-state index contributed by atoms with van der Waals surface area (Å²) in [6.45, 7) is 12.2. The van der Waals surface area contributed by atoms with Crippen molar-refractivity contribution in [2.24, 2.45) is 11.8 Å². The second-order valence-electron chi connectivity index (χ2n) is 6.01. The zero-order valence-corrected chi connectivity index (χ0v) is 12.7. The average molecular weight is 261 g/mol. The average Bonchev–Trinajstić information content (AvgIpc) is 2.41. The predicted octanol–water partition coefficient (Wildman–Crippen LogP) is 3.06. The molecule has 1 N–H and O–H groups in total. The highest BCUT2D eigenvalue weighted by atomic mass is 15.2. The third-order valence-corrected chi connectivity index (χ3v) is 4.28. The van der Waals surface area contributed by atoms with E-state index in [-0.39, 0.29) is 0 Å². The molecule has 3 unspecified atom stereocenters. The number of hydrogen-bond acceptors (Lipinski definition) is 3. The SMILES string of the molecule is CCNCc1ccnc(N2CC(C)CC(C)C2C)c1. The molecule has 2 heterocycles. The maximum absolute atomic E-state index is 4.59. The third-order valence-electron chi connectivity index (χ3n) is 4.28. The molecule has 1 aromatic heterocycles. The Morgan fingerprint density at radius 2 is 2.16 bits per heavy atom. The van der Waals surface area contributed by atoms with Crippen molar-refractivity contribution in [1.29, 1.82) is 0 Å². The first-order valence-corrected chi connectivity index (χ1v) is 7.54. The van der Waals surface area contributed by atoms with Crippen molar-refractivity contribution in [3.05, 3.63) is 23.9 Å². The van der Waals surface area contributed by atoms with Crippen LogP contribution in [0.2, 0.25) is 0 Å². The lowest BCUT2D eigenvalue weighted by atomic mass is 9.86. The molecule has 3 heteroatoms. The van der Waals surface area contributed by atoms with E-state index < -0.39 is 0 Å². The molecule has 2 rings (SSSR count). The molecule has 1 fully saturated rings. The van der Waals surface area contributed by atoms with E-state index >= 15 is 0 Å². The molecule has 0 aromatic carbocycles. The Bertz CT molecular complexity index is 405. The van der Waals surface area contributed by atoms with Gasteiger partial charge in [0.2, 0.25) is 0 Å². The van der Waals surface area contributed by atoms with Crippen LogP contribution in [0.5, 0.6) is 0 Å². The van der Waals surface area contributed by atoms with Gasteiger partial charge >= 0.3 is 0 Å². The number of nitrogens with one attached hydrogen (secondary N) is 1. The molecule has 0 amide bonds. The Hall–Kier alpha value is -1.09. The monoisotopic (exact) mass is 261 g/mol. The molecule has 0 bridgehead atoms. The van der Waals surface area contributed by atoms with Gasteiger partial charge in [0.05, 0.1) is 0 Å². The maximum atomic E-state index is 4.59. The van der Waals surface area contributed by atoms with Crippen LogP contribution in [-0.4, -0.2) is 24.1 Å². The number of rotatable bonds is 4. The molecule has 1 aliphatic rings. The first-order valence-electron chi connectivity index (χ1n) is 7.54. The molecule has 0 aliphatic carbocycles. The molecule has 0 saturated carbocycles. The smallest absolute Gasteiger partial charge is 0.129 e. The van der Waals surface area contributed by atoms with Crippen molar-refractivity contribution in [1.82, 2.24) is 10.3 Å². The summed E-state index contributed by atoms with van der Waals surface area (Å²) in [5.74, 6) is 2.63. The summed E-state index contributed by atoms with van der Waals surface area (Å²) in [5, 5.41) is 3.38. The first-order chi connectivity index (χ1) is 9.11. The van der Waals surface area contributed by atoms with E-state index in [1.807, 2.05) is 6.20 Å². The molecule has 1 saturated heterocycles. The van der Waals surface area contributed by atoms with E-state index in [0.29, 0.717) is 6.04 Å². The van der Waals surface area contributed by atoms with Crippen molar-refractivity contribution in [2.75, 3.05) is 18.0 Å². The van der Waals surface area contributed by atoms with Crippen molar-refractivity contribution < 1.29 is 0 Å².